The van der Waals surface area contributed by atoms with Gasteiger partial charge in [0.05, 0.1) is 37.4 Å². The van der Waals surface area contributed by atoms with Gasteiger partial charge in [-0.2, -0.15) is 5.10 Å². The Morgan fingerprint density at radius 1 is 1.17 bits per heavy atom. The molecule has 12 heteroatoms. The zero-order chi connectivity index (χ0) is 25.4. The topological polar surface area (TPSA) is 113 Å². The fourth-order valence-electron chi connectivity index (χ4n) is 4.69. The molecule has 1 aliphatic carbocycles. The summed E-state index contributed by atoms with van der Waals surface area (Å²) < 4.78 is 46.2. The van der Waals surface area contributed by atoms with Gasteiger partial charge in [-0.15, -0.1) is 0 Å². The zero-order valence-electron chi connectivity index (χ0n) is 19.4. The third kappa shape index (κ3) is 4.50. The van der Waals surface area contributed by atoms with E-state index in [0.717, 1.165) is 31.3 Å². The number of carbonyl (C=O) groups excluding carboxylic acids is 2. The second-order valence-corrected chi connectivity index (χ2v) is 9.04. The molecule has 2 N–H and O–H groups in total. The van der Waals surface area contributed by atoms with Crippen LogP contribution in [0.5, 0.6) is 5.88 Å². The summed E-state index contributed by atoms with van der Waals surface area (Å²) in [5.74, 6) is -2.88. The van der Waals surface area contributed by atoms with E-state index in [4.69, 9.17) is 4.74 Å². The largest absolute Gasteiger partial charge is 0.481 e. The standard InChI is InChI=1S/C24H23F3N6O3/c1-36-21-7-15(17(27)11-29-21)18-8-19(32-31-18)23(35)33-5-2-13(9-24(33)3-4-24)22(34)30-12-20-16(26)6-14(25)10-28-20/h6-8,10-11,13H,2-5,9,12H2,1H3,(H,30,34)(H,31,32)/t13-/m0/s1. The summed E-state index contributed by atoms with van der Waals surface area (Å²) in [6, 6.07) is 3.62. The minimum absolute atomic E-state index is 0.0453. The van der Waals surface area contributed by atoms with Gasteiger partial charge >= 0.3 is 0 Å². The van der Waals surface area contributed by atoms with E-state index in [1.54, 1.807) is 4.90 Å². The molecule has 1 saturated carbocycles. The van der Waals surface area contributed by atoms with Crippen LogP contribution in [0, 0.1) is 23.4 Å². The van der Waals surface area contributed by atoms with Crippen molar-refractivity contribution in [2.75, 3.05) is 13.7 Å². The monoisotopic (exact) mass is 500 g/mol. The van der Waals surface area contributed by atoms with Gasteiger partial charge in [-0.25, -0.2) is 18.2 Å². The number of H-pyrrole nitrogens is 1. The molecule has 36 heavy (non-hydrogen) atoms. The number of nitrogens with zero attached hydrogens (tertiary/aromatic N) is 4. The molecule has 0 unspecified atom stereocenters. The van der Waals surface area contributed by atoms with Gasteiger partial charge in [-0.3, -0.25) is 19.7 Å². The molecular formula is C24H23F3N6O3. The first-order valence-corrected chi connectivity index (χ1v) is 11.4. The summed E-state index contributed by atoms with van der Waals surface area (Å²) in [6.07, 6.45) is 4.33. The van der Waals surface area contributed by atoms with Crippen LogP contribution in [-0.2, 0) is 11.3 Å². The number of hydrogen-bond acceptors (Lipinski definition) is 6. The van der Waals surface area contributed by atoms with E-state index in [1.807, 2.05) is 0 Å². The van der Waals surface area contributed by atoms with Gasteiger partial charge in [0, 0.05) is 35.7 Å². The molecule has 9 nitrogen and oxygen atoms in total. The molecule has 2 aliphatic rings. The number of nitrogens with one attached hydrogen (secondary N) is 2. The number of amides is 2. The smallest absolute Gasteiger partial charge is 0.274 e. The van der Waals surface area contributed by atoms with Gasteiger partial charge in [0.25, 0.3) is 5.91 Å². The highest BCUT2D eigenvalue weighted by molar-refractivity contribution is 5.94. The number of aromatic amines is 1. The highest BCUT2D eigenvalue weighted by Gasteiger charge is 2.54. The number of halogens is 3. The highest BCUT2D eigenvalue weighted by Crippen LogP contribution is 2.50. The van der Waals surface area contributed by atoms with Crippen LogP contribution in [0.4, 0.5) is 13.2 Å². The van der Waals surface area contributed by atoms with E-state index in [-0.39, 0.29) is 47.1 Å². The second-order valence-electron chi connectivity index (χ2n) is 9.04. The van der Waals surface area contributed by atoms with Crippen LogP contribution in [0.2, 0.25) is 0 Å². The van der Waals surface area contributed by atoms with Crippen molar-refractivity contribution in [1.29, 1.82) is 0 Å². The predicted octanol–water partition coefficient (Wildman–Crippen LogP) is 2.99. The van der Waals surface area contributed by atoms with Crippen LogP contribution in [0.1, 0.15) is 41.9 Å². The summed E-state index contributed by atoms with van der Waals surface area (Å²) in [6.45, 7) is 0.198. The van der Waals surface area contributed by atoms with E-state index in [1.165, 1.54) is 19.2 Å². The minimum Gasteiger partial charge on any atom is -0.481 e. The number of aromatic nitrogens is 4. The normalized spacial score (nSPS) is 18.2. The van der Waals surface area contributed by atoms with Crippen LogP contribution in [-0.4, -0.2) is 56.1 Å². The number of methoxy groups -OCH3 is 1. The van der Waals surface area contributed by atoms with Crippen LogP contribution in [0.15, 0.2) is 30.6 Å². The zero-order valence-corrected chi connectivity index (χ0v) is 19.4. The number of carbonyl (C=O) groups is 2. The minimum atomic E-state index is -0.821. The first-order chi connectivity index (χ1) is 17.3. The van der Waals surface area contributed by atoms with Gasteiger partial charge in [-0.05, 0) is 31.7 Å². The van der Waals surface area contributed by atoms with Crippen LogP contribution in [0.3, 0.4) is 0 Å². The van der Waals surface area contributed by atoms with Crippen molar-refractivity contribution in [2.45, 2.75) is 37.8 Å². The number of pyridine rings is 2. The fraction of sp³-hybridized carbons (Fsp3) is 0.375. The van der Waals surface area contributed by atoms with Crippen molar-refractivity contribution >= 4 is 11.8 Å². The molecule has 1 spiro atoms. The van der Waals surface area contributed by atoms with Gasteiger partial charge in [0.2, 0.25) is 11.8 Å². The first-order valence-electron chi connectivity index (χ1n) is 11.4. The first kappa shape index (κ1) is 23.8. The van der Waals surface area contributed by atoms with Crippen molar-refractivity contribution in [2.24, 2.45) is 5.92 Å². The third-order valence-corrected chi connectivity index (χ3v) is 6.78. The Hall–Kier alpha value is -3.96. The lowest BCUT2D eigenvalue weighted by atomic mass is 9.88. The molecule has 1 aliphatic heterocycles. The van der Waals surface area contributed by atoms with Crippen LogP contribution in [0.25, 0.3) is 11.3 Å². The summed E-state index contributed by atoms with van der Waals surface area (Å²) in [7, 11) is 1.42. The molecule has 0 bridgehead atoms. The lowest BCUT2D eigenvalue weighted by Crippen LogP contribution is -2.50. The summed E-state index contributed by atoms with van der Waals surface area (Å²) in [4.78, 5) is 35.3. The number of likely N-dealkylation sites (tertiary alicyclic amines) is 1. The van der Waals surface area contributed by atoms with E-state index in [0.29, 0.717) is 25.1 Å². The summed E-state index contributed by atoms with van der Waals surface area (Å²) in [5.41, 5.74) is 0.152. The molecule has 3 aromatic heterocycles. The third-order valence-electron chi connectivity index (χ3n) is 6.78. The Morgan fingerprint density at radius 3 is 2.69 bits per heavy atom. The maximum absolute atomic E-state index is 14.3. The van der Waals surface area contributed by atoms with E-state index in [9.17, 15) is 22.8 Å². The molecule has 3 aromatic rings. The Balaban J connectivity index is 1.24. The molecule has 1 atom stereocenters. The number of rotatable bonds is 6. The molecular weight excluding hydrogens is 477 g/mol. The van der Waals surface area contributed by atoms with Gasteiger partial charge < -0.3 is 15.0 Å². The second kappa shape index (κ2) is 9.25. The van der Waals surface area contributed by atoms with E-state index < -0.39 is 23.0 Å². The molecule has 188 valence electrons. The average Bonchev–Trinajstić information content (AvgIpc) is 3.44. The van der Waals surface area contributed by atoms with E-state index in [2.05, 4.69) is 25.5 Å². The van der Waals surface area contributed by atoms with Crippen molar-refractivity contribution < 1.29 is 27.5 Å². The van der Waals surface area contributed by atoms with E-state index >= 15 is 0 Å². The molecule has 1 saturated heterocycles. The van der Waals surface area contributed by atoms with Crippen molar-refractivity contribution in [3.8, 4) is 17.1 Å². The number of hydrogen-bond donors (Lipinski definition) is 2. The maximum atomic E-state index is 14.3. The quantitative estimate of drug-likeness (QED) is 0.538. The SMILES string of the molecule is COc1cc(-c2cc(C(=O)N3CC[C@H](C(=O)NCc4ncc(F)cc4F)CC34CC4)n[nH]2)c(F)cn1. The Bertz CT molecular complexity index is 1330. The number of piperidine rings is 1. The lowest BCUT2D eigenvalue weighted by Gasteiger charge is -2.39. The Kier molecular flexibility index (Phi) is 6.10. The van der Waals surface area contributed by atoms with Gasteiger partial charge in [-0.1, -0.05) is 0 Å². The predicted molar refractivity (Wildman–Crippen MR) is 120 cm³/mol. The molecule has 2 amide bonds. The fourth-order valence-corrected chi connectivity index (χ4v) is 4.69. The number of ether oxygens (including phenoxy) is 1. The van der Waals surface area contributed by atoms with Crippen LogP contribution >= 0.6 is 0 Å². The average molecular weight is 500 g/mol. The molecule has 0 aromatic carbocycles. The summed E-state index contributed by atoms with van der Waals surface area (Å²) in [5, 5.41) is 9.47. The Morgan fingerprint density at radius 2 is 1.97 bits per heavy atom. The lowest BCUT2D eigenvalue weighted by molar-refractivity contribution is -0.127. The van der Waals surface area contributed by atoms with Gasteiger partial charge in [0.1, 0.15) is 11.6 Å². The van der Waals surface area contributed by atoms with Gasteiger partial charge in [0.15, 0.2) is 11.5 Å². The summed E-state index contributed by atoms with van der Waals surface area (Å²) >= 11 is 0. The molecule has 4 heterocycles. The molecule has 2 fully saturated rings. The Labute approximate surface area is 204 Å². The highest BCUT2D eigenvalue weighted by atomic mass is 19.1. The van der Waals surface area contributed by atoms with Crippen molar-refractivity contribution in [3.63, 3.8) is 0 Å². The maximum Gasteiger partial charge on any atom is 0.274 e. The van der Waals surface area contributed by atoms with Crippen molar-refractivity contribution in [3.05, 3.63) is 59.4 Å². The van der Waals surface area contributed by atoms with Crippen molar-refractivity contribution in [1.82, 2.24) is 30.4 Å². The van der Waals surface area contributed by atoms with Crippen LogP contribution < -0.4 is 10.1 Å². The molecule has 0 radical (unpaired) electrons. The molecule has 5 rings (SSSR count).